The molecule has 206 valence electrons. The van der Waals surface area contributed by atoms with Crippen molar-refractivity contribution in [2.75, 3.05) is 18.6 Å². The fourth-order valence-electron chi connectivity index (χ4n) is 5.09. The standard InChI is InChI=1S/C28H45BN2O6/c1-11-31(21-14-12-20(13-15-21)30-25(33)35-26(3,4)5)23-17-19(16-22(18(23)2)24(32)34-10)29-36-27(6,7)28(8,9)37-29/h16-17,20-21H,11-15H2,1-10H3,(H,30,33)/t20-,21-. The Balaban J connectivity index is 1.84. The predicted molar refractivity (Wildman–Crippen MR) is 147 cm³/mol. The lowest BCUT2D eigenvalue weighted by Gasteiger charge is -2.39. The maximum atomic E-state index is 12.8. The number of carbonyl (C=O) groups is 2. The Kier molecular flexibility index (Phi) is 8.59. The number of anilines is 1. The molecule has 1 aliphatic heterocycles. The maximum absolute atomic E-state index is 12.8. The third kappa shape index (κ3) is 6.61. The van der Waals surface area contributed by atoms with Crippen molar-refractivity contribution in [1.82, 2.24) is 5.32 Å². The molecule has 0 unspecified atom stereocenters. The molecular formula is C28H45BN2O6. The van der Waals surface area contributed by atoms with Crippen molar-refractivity contribution in [2.24, 2.45) is 0 Å². The number of hydrogen-bond acceptors (Lipinski definition) is 7. The number of methoxy groups -OCH3 is 1. The van der Waals surface area contributed by atoms with Crippen LogP contribution in [0.15, 0.2) is 12.1 Å². The van der Waals surface area contributed by atoms with Crippen molar-refractivity contribution in [3.63, 3.8) is 0 Å². The number of carbonyl (C=O) groups excluding carboxylic acids is 2. The van der Waals surface area contributed by atoms with Gasteiger partial charge in [-0.15, -0.1) is 0 Å². The molecule has 0 atom stereocenters. The van der Waals surface area contributed by atoms with E-state index in [1.54, 1.807) is 0 Å². The zero-order valence-electron chi connectivity index (χ0n) is 24.3. The summed E-state index contributed by atoms with van der Waals surface area (Å²) in [6.45, 7) is 18.6. The van der Waals surface area contributed by atoms with Gasteiger partial charge in [-0.05, 0) is 111 Å². The van der Waals surface area contributed by atoms with E-state index < -0.39 is 23.9 Å². The number of nitrogens with zero attached hydrogens (tertiary/aromatic N) is 1. The van der Waals surface area contributed by atoms with Crippen LogP contribution in [-0.2, 0) is 18.8 Å². The van der Waals surface area contributed by atoms with Gasteiger partial charge in [-0.2, -0.15) is 0 Å². The van der Waals surface area contributed by atoms with E-state index in [-0.39, 0.29) is 24.1 Å². The summed E-state index contributed by atoms with van der Waals surface area (Å²) < 4.78 is 23.2. The Morgan fingerprint density at radius 3 is 2.14 bits per heavy atom. The van der Waals surface area contributed by atoms with Crippen molar-refractivity contribution >= 4 is 30.3 Å². The number of alkyl carbamates (subject to hydrolysis) is 1. The zero-order chi connectivity index (χ0) is 27.8. The van der Waals surface area contributed by atoms with Gasteiger partial charge in [0.05, 0.1) is 23.9 Å². The minimum atomic E-state index is -0.583. The maximum Gasteiger partial charge on any atom is 0.494 e. The van der Waals surface area contributed by atoms with E-state index in [1.165, 1.54) is 7.11 Å². The van der Waals surface area contributed by atoms with E-state index in [0.29, 0.717) is 5.56 Å². The second-order valence-electron chi connectivity index (χ2n) is 12.2. The third-order valence-corrected chi connectivity index (χ3v) is 7.84. The molecule has 0 radical (unpaired) electrons. The molecule has 9 heteroatoms. The van der Waals surface area contributed by atoms with Crippen LogP contribution in [0.1, 0.15) is 97.0 Å². The highest BCUT2D eigenvalue weighted by atomic mass is 16.7. The van der Waals surface area contributed by atoms with Gasteiger partial charge in [0.2, 0.25) is 0 Å². The van der Waals surface area contributed by atoms with Crippen LogP contribution in [-0.4, -0.2) is 61.7 Å². The molecule has 1 heterocycles. The minimum Gasteiger partial charge on any atom is -0.465 e. The van der Waals surface area contributed by atoms with E-state index >= 15 is 0 Å². The lowest BCUT2D eigenvalue weighted by atomic mass is 9.77. The van der Waals surface area contributed by atoms with Crippen LogP contribution in [0.5, 0.6) is 0 Å². The second-order valence-corrected chi connectivity index (χ2v) is 12.2. The molecule has 2 fully saturated rings. The molecule has 0 bridgehead atoms. The first-order valence-corrected chi connectivity index (χ1v) is 13.4. The Morgan fingerprint density at radius 1 is 1.08 bits per heavy atom. The van der Waals surface area contributed by atoms with Crippen LogP contribution < -0.4 is 15.7 Å². The Labute approximate surface area is 222 Å². The van der Waals surface area contributed by atoms with Crippen molar-refractivity contribution < 1.29 is 28.4 Å². The van der Waals surface area contributed by atoms with Gasteiger partial charge in [0.1, 0.15) is 5.60 Å². The van der Waals surface area contributed by atoms with Gasteiger partial charge in [0.15, 0.2) is 0 Å². The molecule has 1 N–H and O–H groups in total. The molecule has 8 nitrogen and oxygen atoms in total. The average Bonchev–Trinajstić information content (AvgIpc) is 3.01. The molecule has 1 saturated heterocycles. The predicted octanol–water partition coefficient (Wildman–Crippen LogP) is 4.74. The molecule has 1 aromatic rings. The number of rotatable bonds is 6. The molecule has 2 aliphatic rings. The molecule has 1 amide bonds. The van der Waals surface area contributed by atoms with E-state index in [1.807, 2.05) is 61.5 Å². The summed E-state index contributed by atoms with van der Waals surface area (Å²) in [5, 5.41) is 3.02. The van der Waals surface area contributed by atoms with Crippen LogP contribution in [0, 0.1) is 6.92 Å². The molecule has 3 rings (SSSR count). The van der Waals surface area contributed by atoms with Gasteiger partial charge in [-0.3, -0.25) is 0 Å². The SMILES string of the molecule is CCN(c1cc(B2OC(C)(C)C(C)(C)O2)cc(C(=O)OC)c1C)[C@H]1CC[C@H](NC(=O)OC(C)(C)C)CC1. The fourth-order valence-corrected chi connectivity index (χ4v) is 5.09. The van der Waals surface area contributed by atoms with Crippen LogP contribution in [0.4, 0.5) is 10.5 Å². The topological polar surface area (TPSA) is 86.3 Å². The van der Waals surface area contributed by atoms with Gasteiger partial charge >= 0.3 is 19.2 Å². The molecule has 1 aliphatic carbocycles. The quantitative estimate of drug-likeness (QED) is 0.432. The summed E-state index contributed by atoms with van der Waals surface area (Å²) in [4.78, 5) is 27.4. The lowest BCUT2D eigenvalue weighted by molar-refractivity contribution is 0.00578. The Morgan fingerprint density at radius 2 is 1.65 bits per heavy atom. The van der Waals surface area contributed by atoms with Gasteiger partial charge in [-0.1, -0.05) is 0 Å². The van der Waals surface area contributed by atoms with Crippen LogP contribution in [0.25, 0.3) is 0 Å². The highest BCUT2D eigenvalue weighted by Crippen LogP contribution is 2.38. The van der Waals surface area contributed by atoms with Crippen LogP contribution in [0.3, 0.4) is 0 Å². The summed E-state index contributed by atoms with van der Waals surface area (Å²) in [6, 6.07) is 4.30. The molecule has 0 aromatic heterocycles. The van der Waals surface area contributed by atoms with Crippen molar-refractivity contribution in [2.45, 2.75) is 117 Å². The molecule has 0 spiro atoms. The summed E-state index contributed by atoms with van der Waals surface area (Å²) in [7, 11) is 0.819. The van der Waals surface area contributed by atoms with Gasteiger partial charge < -0.3 is 29.0 Å². The number of esters is 1. The molecular weight excluding hydrogens is 471 g/mol. The highest BCUT2D eigenvalue weighted by Gasteiger charge is 2.52. The Hall–Kier alpha value is -2.26. The van der Waals surface area contributed by atoms with E-state index in [9.17, 15) is 9.59 Å². The molecule has 1 saturated carbocycles. The van der Waals surface area contributed by atoms with Gasteiger partial charge in [-0.25, -0.2) is 9.59 Å². The van der Waals surface area contributed by atoms with E-state index in [4.69, 9.17) is 18.8 Å². The number of amides is 1. The van der Waals surface area contributed by atoms with Gasteiger partial charge in [0, 0.05) is 24.3 Å². The average molecular weight is 516 g/mol. The summed E-state index contributed by atoms with van der Waals surface area (Å²) in [5.41, 5.74) is 1.69. The van der Waals surface area contributed by atoms with Crippen molar-refractivity contribution in [3.05, 3.63) is 23.3 Å². The summed E-state index contributed by atoms with van der Waals surface area (Å²) >= 11 is 0. The van der Waals surface area contributed by atoms with E-state index in [0.717, 1.165) is 48.9 Å². The van der Waals surface area contributed by atoms with Crippen LogP contribution in [0.2, 0.25) is 0 Å². The van der Waals surface area contributed by atoms with Crippen LogP contribution >= 0.6 is 0 Å². The van der Waals surface area contributed by atoms with Gasteiger partial charge in [0.25, 0.3) is 0 Å². The number of hydrogen-bond donors (Lipinski definition) is 1. The monoisotopic (exact) mass is 516 g/mol. The first-order valence-electron chi connectivity index (χ1n) is 13.4. The summed E-state index contributed by atoms with van der Waals surface area (Å²) in [5.74, 6) is -0.376. The fraction of sp³-hybridized carbons (Fsp3) is 0.714. The second kappa shape index (κ2) is 10.9. The lowest BCUT2D eigenvalue weighted by Crippen LogP contribution is -2.46. The first-order chi connectivity index (χ1) is 17.1. The normalized spacial score (nSPS) is 22.9. The Bertz CT molecular complexity index is 979. The van der Waals surface area contributed by atoms with E-state index in [2.05, 4.69) is 23.2 Å². The largest absolute Gasteiger partial charge is 0.494 e. The van der Waals surface area contributed by atoms with Crippen molar-refractivity contribution in [1.29, 1.82) is 0 Å². The highest BCUT2D eigenvalue weighted by molar-refractivity contribution is 6.62. The minimum absolute atomic E-state index is 0.0904. The number of benzene rings is 1. The summed E-state index contributed by atoms with van der Waals surface area (Å²) in [6.07, 6.45) is 3.20. The zero-order valence-corrected chi connectivity index (χ0v) is 24.3. The number of nitrogens with one attached hydrogen (secondary N) is 1. The smallest absolute Gasteiger partial charge is 0.465 e. The molecule has 37 heavy (non-hydrogen) atoms. The molecule has 1 aromatic carbocycles. The third-order valence-electron chi connectivity index (χ3n) is 7.84. The number of ether oxygens (including phenoxy) is 2. The van der Waals surface area contributed by atoms with Crippen molar-refractivity contribution in [3.8, 4) is 0 Å². The first kappa shape index (κ1) is 29.3.